The molecular weight excluding hydrogens is 228 g/mol. The normalized spacial score (nSPS) is 18.7. The second-order valence-electron chi connectivity index (χ2n) is 4.42. The van der Waals surface area contributed by atoms with Gasteiger partial charge in [-0.25, -0.2) is 8.42 Å². The molecular formula is C10H20N2O3S. The molecule has 1 aliphatic carbocycles. The first-order valence-electron chi connectivity index (χ1n) is 5.60. The van der Waals surface area contributed by atoms with Crippen molar-refractivity contribution in [3.8, 4) is 0 Å². The number of hydrogen-bond donors (Lipinski definition) is 1. The van der Waals surface area contributed by atoms with Gasteiger partial charge >= 0.3 is 0 Å². The van der Waals surface area contributed by atoms with Gasteiger partial charge in [-0.15, -0.1) is 0 Å². The molecule has 6 heteroatoms. The van der Waals surface area contributed by atoms with Gasteiger partial charge in [0.1, 0.15) is 0 Å². The number of carbonyl (C=O) groups excluding carboxylic acids is 1. The molecule has 0 aliphatic heterocycles. The van der Waals surface area contributed by atoms with Gasteiger partial charge in [-0.2, -0.15) is 4.31 Å². The maximum atomic E-state index is 11.6. The Morgan fingerprint density at radius 2 is 1.88 bits per heavy atom. The van der Waals surface area contributed by atoms with Gasteiger partial charge < -0.3 is 5.32 Å². The van der Waals surface area contributed by atoms with Gasteiger partial charge in [0, 0.05) is 13.1 Å². The monoisotopic (exact) mass is 248 g/mol. The molecule has 94 valence electrons. The quantitative estimate of drug-likeness (QED) is 0.779. The molecule has 1 aliphatic rings. The number of sulfonamides is 1. The minimum Gasteiger partial charge on any atom is -0.352 e. The van der Waals surface area contributed by atoms with Gasteiger partial charge in [0.15, 0.2) is 0 Å². The third-order valence-electron chi connectivity index (χ3n) is 2.90. The van der Waals surface area contributed by atoms with Crippen molar-refractivity contribution < 1.29 is 13.2 Å². The van der Waals surface area contributed by atoms with Crippen LogP contribution >= 0.6 is 0 Å². The summed E-state index contributed by atoms with van der Waals surface area (Å²) in [6, 6.07) is 0.231. The Morgan fingerprint density at radius 3 is 2.38 bits per heavy atom. The van der Waals surface area contributed by atoms with Crippen LogP contribution in [0.3, 0.4) is 0 Å². The van der Waals surface area contributed by atoms with Crippen molar-refractivity contribution in [1.29, 1.82) is 0 Å². The molecule has 0 heterocycles. The van der Waals surface area contributed by atoms with Gasteiger partial charge in [-0.3, -0.25) is 4.79 Å². The number of nitrogens with zero attached hydrogens (tertiary/aromatic N) is 1. The van der Waals surface area contributed by atoms with Crippen LogP contribution in [-0.2, 0) is 14.8 Å². The molecule has 16 heavy (non-hydrogen) atoms. The second kappa shape index (κ2) is 5.63. The first-order valence-corrected chi connectivity index (χ1v) is 7.45. The van der Waals surface area contributed by atoms with Crippen LogP contribution in [0.5, 0.6) is 0 Å². The number of hydrogen-bond acceptors (Lipinski definition) is 3. The van der Waals surface area contributed by atoms with Crippen LogP contribution in [0, 0.1) is 0 Å². The van der Waals surface area contributed by atoms with Gasteiger partial charge in [0.25, 0.3) is 0 Å². The van der Waals surface area contributed by atoms with Gasteiger partial charge in [0.2, 0.25) is 15.9 Å². The Labute approximate surface area is 97.2 Å². The summed E-state index contributed by atoms with van der Waals surface area (Å²) >= 11 is 0. The van der Waals surface area contributed by atoms with Crippen molar-refractivity contribution in [2.45, 2.75) is 38.1 Å². The van der Waals surface area contributed by atoms with Crippen molar-refractivity contribution in [2.75, 3.05) is 19.8 Å². The Balaban J connectivity index is 2.35. The van der Waals surface area contributed by atoms with Crippen LogP contribution in [0.4, 0.5) is 0 Å². The average Bonchev–Trinajstić information content (AvgIpc) is 2.17. The van der Waals surface area contributed by atoms with Crippen LogP contribution in [-0.4, -0.2) is 44.5 Å². The van der Waals surface area contributed by atoms with Gasteiger partial charge in [-0.05, 0) is 12.8 Å². The highest BCUT2D eigenvalue weighted by molar-refractivity contribution is 7.88. The fourth-order valence-corrected chi connectivity index (χ4v) is 2.19. The van der Waals surface area contributed by atoms with Gasteiger partial charge in [0.05, 0.1) is 12.8 Å². The summed E-state index contributed by atoms with van der Waals surface area (Å²) in [5, 5.41) is 2.88. The zero-order valence-electron chi connectivity index (χ0n) is 9.90. The number of likely N-dealkylation sites (N-methyl/N-ethyl adjacent to an activating group) is 1. The van der Waals surface area contributed by atoms with E-state index in [0.29, 0.717) is 0 Å². The van der Waals surface area contributed by atoms with Crippen LogP contribution < -0.4 is 5.32 Å². The van der Waals surface area contributed by atoms with Crippen molar-refractivity contribution in [1.82, 2.24) is 9.62 Å². The number of carbonyl (C=O) groups is 1. The fourth-order valence-electron chi connectivity index (χ4n) is 1.84. The maximum absolute atomic E-state index is 11.6. The first kappa shape index (κ1) is 13.4. The smallest absolute Gasteiger partial charge is 0.235 e. The SMILES string of the molecule is CN(CC(=O)NC1CCCCC1)S(C)(=O)=O. The Morgan fingerprint density at radius 1 is 1.31 bits per heavy atom. The Bertz CT molecular complexity index is 334. The lowest BCUT2D eigenvalue weighted by Crippen LogP contribution is -2.43. The molecule has 0 spiro atoms. The van der Waals surface area contributed by atoms with Crippen molar-refractivity contribution >= 4 is 15.9 Å². The van der Waals surface area contributed by atoms with Crippen LogP contribution in [0.2, 0.25) is 0 Å². The summed E-state index contributed by atoms with van der Waals surface area (Å²) in [6.45, 7) is -0.0880. The summed E-state index contributed by atoms with van der Waals surface area (Å²) in [6.07, 6.45) is 6.64. The van der Waals surface area contributed by atoms with E-state index in [1.807, 2.05) is 0 Å². The third kappa shape index (κ3) is 4.49. The van der Waals surface area contributed by atoms with E-state index in [1.165, 1.54) is 13.5 Å². The van der Waals surface area contributed by atoms with Crippen LogP contribution in [0.1, 0.15) is 32.1 Å². The van der Waals surface area contributed by atoms with E-state index in [2.05, 4.69) is 5.32 Å². The lowest BCUT2D eigenvalue weighted by Gasteiger charge is -2.23. The predicted octanol–water partition coefficient (Wildman–Crippen LogP) is 0.327. The zero-order chi connectivity index (χ0) is 12.2. The molecule has 0 aromatic rings. The molecule has 1 rings (SSSR count). The molecule has 0 aromatic carbocycles. The minimum atomic E-state index is -3.27. The average molecular weight is 248 g/mol. The van der Waals surface area contributed by atoms with E-state index in [1.54, 1.807) is 0 Å². The largest absolute Gasteiger partial charge is 0.352 e. The molecule has 0 atom stereocenters. The summed E-state index contributed by atoms with van der Waals surface area (Å²) in [5.74, 6) is -0.208. The third-order valence-corrected chi connectivity index (χ3v) is 4.16. The summed E-state index contributed by atoms with van der Waals surface area (Å²) in [5.41, 5.74) is 0. The highest BCUT2D eigenvalue weighted by Crippen LogP contribution is 2.17. The Hall–Kier alpha value is -0.620. The molecule has 5 nitrogen and oxygen atoms in total. The van der Waals surface area contributed by atoms with Crippen LogP contribution in [0.25, 0.3) is 0 Å². The molecule has 1 N–H and O–H groups in total. The minimum absolute atomic E-state index is 0.0880. The second-order valence-corrected chi connectivity index (χ2v) is 6.51. The summed E-state index contributed by atoms with van der Waals surface area (Å²) < 4.78 is 23.3. The molecule has 1 saturated carbocycles. The molecule has 0 saturated heterocycles. The van der Waals surface area contributed by atoms with E-state index in [-0.39, 0.29) is 18.5 Å². The Kier molecular flexibility index (Phi) is 4.73. The number of rotatable bonds is 4. The number of nitrogens with one attached hydrogen (secondary N) is 1. The first-order chi connectivity index (χ1) is 7.39. The lowest BCUT2D eigenvalue weighted by molar-refractivity contribution is -0.122. The summed E-state index contributed by atoms with van der Waals surface area (Å²) in [4.78, 5) is 11.6. The van der Waals surface area contributed by atoms with E-state index >= 15 is 0 Å². The molecule has 1 fully saturated rings. The van der Waals surface area contributed by atoms with Crippen molar-refractivity contribution in [3.63, 3.8) is 0 Å². The van der Waals surface area contributed by atoms with Crippen LogP contribution in [0.15, 0.2) is 0 Å². The molecule has 0 unspecified atom stereocenters. The van der Waals surface area contributed by atoms with Crippen molar-refractivity contribution in [2.24, 2.45) is 0 Å². The molecule has 0 aromatic heterocycles. The predicted molar refractivity (Wildman–Crippen MR) is 62.5 cm³/mol. The lowest BCUT2D eigenvalue weighted by atomic mass is 9.95. The topological polar surface area (TPSA) is 66.5 Å². The molecule has 1 amide bonds. The van der Waals surface area contributed by atoms with E-state index < -0.39 is 10.0 Å². The maximum Gasteiger partial charge on any atom is 0.235 e. The molecule has 0 radical (unpaired) electrons. The zero-order valence-corrected chi connectivity index (χ0v) is 10.7. The van der Waals surface area contributed by atoms with E-state index in [9.17, 15) is 13.2 Å². The molecule has 0 bridgehead atoms. The standard InChI is InChI=1S/C10H20N2O3S/c1-12(16(2,14)15)8-10(13)11-9-6-4-3-5-7-9/h9H,3-8H2,1-2H3,(H,11,13). The van der Waals surface area contributed by atoms with Gasteiger partial charge in [-0.1, -0.05) is 19.3 Å². The summed E-state index contributed by atoms with van der Waals surface area (Å²) in [7, 11) is -1.85. The van der Waals surface area contributed by atoms with E-state index in [0.717, 1.165) is 36.2 Å². The highest BCUT2D eigenvalue weighted by Gasteiger charge is 2.19. The fraction of sp³-hybridized carbons (Fsp3) is 0.900. The highest BCUT2D eigenvalue weighted by atomic mass is 32.2. The van der Waals surface area contributed by atoms with E-state index in [4.69, 9.17) is 0 Å². The number of amides is 1. The van der Waals surface area contributed by atoms with Crippen molar-refractivity contribution in [3.05, 3.63) is 0 Å².